The van der Waals surface area contributed by atoms with Crippen LogP contribution in [0.15, 0.2) is 48.5 Å². The first-order chi connectivity index (χ1) is 17.0. The van der Waals surface area contributed by atoms with Gasteiger partial charge in [0.15, 0.2) is 11.5 Å². The van der Waals surface area contributed by atoms with Crippen molar-refractivity contribution >= 4 is 23.5 Å². The Morgan fingerprint density at radius 3 is 2.37 bits per heavy atom. The Bertz CT molecular complexity index is 1210. The summed E-state index contributed by atoms with van der Waals surface area (Å²) in [6.07, 6.45) is 0.625. The van der Waals surface area contributed by atoms with Crippen molar-refractivity contribution in [3.63, 3.8) is 0 Å². The Balaban J connectivity index is 1.49. The Morgan fingerprint density at radius 2 is 1.66 bits per heavy atom. The van der Waals surface area contributed by atoms with E-state index in [0.717, 1.165) is 37.4 Å². The van der Waals surface area contributed by atoms with Gasteiger partial charge in [0.1, 0.15) is 0 Å². The monoisotopic (exact) mass is 493 g/mol. The van der Waals surface area contributed by atoms with Crippen LogP contribution < -0.4 is 14.4 Å². The maximum atomic E-state index is 13.2. The van der Waals surface area contributed by atoms with Gasteiger partial charge in [-0.1, -0.05) is 23.7 Å². The van der Waals surface area contributed by atoms with Crippen molar-refractivity contribution in [1.82, 2.24) is 19.8 Å². The van der Waals surface area contributed by atoms with Crippen molar-refractivity contribution in [1.29, 1.82) is 0 Å². The molecule has 3 aromatic rings. The lowest BCUT2D eigenvalue weighted by Gasteiger charge is -2.34. The molecule has 0 N–H and O–H groups in total. The number of para-hydroxylation sites is 2. The molecule has 5 rings (SSSR count). The number of piperazine rings is 1. The lowest BCUT2D eigenvalue weighted by Crippen LogP contribution is -2.45. The summed E-state index contributed by atoms with van der Waals surface area (Å²) in [4.78, 5) is 29.3. The number of carbonyl (C=O) groups excluding carboxylic acids is 1. The molecule has 1 aromatic heterocycles. The van der Waals surface area contributed by atoms with Crippen LogP contribution >= 0.6 is 11.6 Å². The summed E-state index contributed by atoms with van der Waals surface area (Å²) in [5, 5.41) is 0.600. The molecule has 2 aliphatic rings. The molecule has 0 unspecified atom stereocenters. The van der Waals surface area contributed by atoms with E-state index in [1.807, 2.05) is 24.3 Å². The number of rotatable bonds is 5. The minimum Gasteiger partial charge on any atom is -0.493 e. The summed E-state index contributed by atoms with van der Waals surface area (Å²) in [5.41, 5.74) is 2.33. The van der Waals surface area contributed by atoms with Crippen LogP contribution in [0.25, 0.3) is 0 Å². The summed E-state index contributed by atoms with van der Waals surface area (Å²) >= 11 is 6.00. The minimum absolute atomic E-state index is 0.0568. The smallest absolute Gasteiger partial charge is 0.254 e. The minimum atomic E-state index is -0.0568. The Labute approximate surface area is 210 Å². The predicted molar refractivity (Wildman–Crippen MR) is 135 cm³/mol. The molecule has 9 heteroatoms. The number of carbonyl (C=O) groups is 1. The molecule has 0 bridgehead atoms. The second-order valence-electron chi connectivity index (χ2n) is 8.78. The second-order valence-corrected chi connectivity index (χ2v) is 9.22. The van der Waals surface area contributed by atoms with E-state index in [-0.39, 0.29) is 5.91 Å². The van der Waals surface area contributed by atoms with Crippen LogP contribution in [0.3, 0.4) is 0 Å². The van der Waals surface area contributed by atoms with E-state index >= 15 is 0 Å². The summed E-state index contributed by atoms with van der Waals surface area (Å²) in [5.74, 6) is 2.26. The summed E-state index contributed by atoms with van der Waals surface area (Å²) in [7, 11) is 3.73. The number of hydrogen-bond donors (Lipinski definition) is 0. The van der Waals surface area contributed by atoms with Gasteiger partial charge >= 0.3 is 0 Å². The summed E-state index contributed by atoms with van der Waals surface area (Å²) < 4.78 is 11.8. The van der Waals surface area contributed by atoms with Gasteiger partial charge in [0.25, 0.3) is 5.91 Å². The number of halogens is 1. The van der Waals surface area contributed by atoms with Crippen molar-refractivity contribution in [2.24, 2.45) is 0 Å². The number of anilines is 1. The van der Waals surface area contributed by atoms with E-state index in [4.69, 9.17) is 31.0 Å². The maximum absolute atomic E-state index is 13.2. The zero-order valence-electron chi connectivity index (χ0n) is 19.9. The fraction of sp³-hybridized carbons (Fsp3) is 0.346. The van der Waals surface area contributed by atoms with Crippen LogP contribution in [0.2, 0.25) is 5.02 Å². The molecule has 1 amide bonds. The molecule has 35 heavy (non-hydrogen) atoms. The van der Waals surface area contributed by atoms with E-state index in [1.165, 1.54) is 0 Å². The molecular formula is C26H28ClN5O3. The molecule has 1 saturated heterocycles. The fourth-order valence-corrected chi connectivity index (χ4v) is 4.49. The van der Waals surface area contributed by atoms with E-state index in [0.29, 0.717) is 53.4 Å². The molecule has 0 aliphatic carbocycles. The van der Waals surface area contributed by atoms with Crippen LogP contribution in [-0.4, -0.2) is 72.6 Å². The molecule has 0 saturated carbocycles. The zero-order valence-corrected chi connectivity index (χ0v) is 20.7. The standard InChI is InChI=1S/C26H28ClN5O3/c1-30-13-15-31(16-14-30)26-28-21-11-12-32(25(33)18-7-9-19(27)10-8-18)17-20(21)24(29-26)35-23-6-4-3-5-22(23)34-2/h3-10H,11-17H2,1-2H3. The Hall–Kier alpha value is -3.36. The highest BCUT2D eigenvalue weighted by Crippen LogP contribution is 2.35. The van der Waals surface area contributed by atoms with E-state index < -0.39 is 0 Å². The highest BCUT2D eigenvalue weighted by atomic mass is 35.5. The number of amides is 1. The zero-order chi connectivity index (χ0) is 24.4. The third-order valence-corrected chi connectivity index (χ3v) is 6.70. The topological polar surface area (TPSA) is 71.0 Å². The molecular weight excluding hydrogens is 466 g/mol. The van der Waals surface area contributed by atoms with Gasteiger partial charge in [-0.15, -0.1) is 0 Å². The third kappa shape index (κ3) is 5.04. The van der Waals surface area contributed by atoms with Gasteiger partial charge in [-0.05, 0) is 43.4 Å². The van der Waals surface area contributed by atoms with Crippen molar-refractivity contribution in [2.45, 2.75) is 13.0 Å². The van der Waals surface area contributed by atoms with Gasteiger partial charge < -0.3 is 24.2 Å². The highest BCUT2D eigenvalue weighted by Gasteiger charge is 2.29. The lowest BCUT2D eigenvalue weighted by molar-refractivity contribution is 0.0732. The van der Waals surface area contributed by atoms with Gasteiger partial charge in [-0.2, -0.15) is 4.98 Å². The van der Waals surface area contributed by atoms with Crippen molar-refractivity contribution in [2.75, 3.05) is 51.8 Å². The molecule has 182 valence electrons. The summed E-state index contributed by atoms with van der Waals surface area (Å²) in [6, 6.07) is 14.4. The Kier molecular flexibility index (Phi) is 6.74. The molecule has 8 nitrogen and oxygen atoms in total. The SMILES string of the molecule is COc1ccccc1Oc1nc(N2CCN(C)CC2)nc2c1CN(C(=O)c1ccc(Cl)cc1)CC2. The molecule has 3 heterocycles. The molecule has 2 aliphatic heterocycles. The molecule has 0 radical (unpaired) electrons. The first kappa shape index (κ1) is 23.4. The van der Waals surface area contributed by atoms with Gasteiger partial charge in [0.05, 0.1) is 24.9 Å². The number of methoxy groups -OCH3 is 1. The average molecular weight is 494 g/mol. The summed E-state index contributed by atoms with van der Waals surface area (Å²) in [6.45, 7) is 4.54. The maximum Gasteiger partial charge on any atom is 0.254 e. The highest BCUT2D eigenvalue weighted by molar-refractivity contribution is 6.30. The number of fused-ring (bicyclic) bond motifs is 1. The van der Waals surface area contributed by atoms with E-state index in [2.05, 4.69) is 16.8 Å². The lowest BCUT2D eigenvalue weighted by atomic mass is 10.1. The van der Waals surface area contributed by atoms with Gasteiger partial charge in [-0.25, -0.2) is 4.98 Å². The molecule has 2 aromatic carbocycles. The van der Waals surface area contributed by atoms with Gasteiger partial charge in [0.2, 0.25) is 11.8 Å². The number of benzene rings is 2. The number of aromatic nitrogens is 2. The van der Waals surface area contributed by atoms with Crippen LogP contribution in [-0.2, 0) is 13.0 Å². The van der Waals surface area contributed by atoms with E-state index in [9.17, 15) is 4.79 Å². The average Bonchev–Trinajstić information content (AvgIpc) is 2.89. The quantitative estimate of drug-likeness (QED) is 0.534. The largest absolute Gasteiger partial charge is 0.493 e. The van der Waals surface area contributed by atoms with Crippen molar-refractivity contribution in [3.05, 3.63) is 70.4 Å². The van der Waals surface area contributed by atoms with Gasteiger partial charge in [-0.3, -0.25) is 4.79 Å². The fourth-order valence-electron chi connectivity index (χ4n) is 4.36. The number of hydrogen-bond acceptors (Lipinski definition) is 7. The normalized spacial score (nSPS) is 16.1. The number of likely N-dealkylation sites (N-methyl/N-ethyl adjacent to an activating group) is 1. The number of nitrogens with zero attached hydrogens (tertiary/aromatic N) is 5. The predicted octanol–water partition coefficient (Wildman–Crippen LogP) is 3.88. The van der Waals surface area contributed by atoms with E-state index in [1.54, 1.807) is 36.3 Å². The first-order valence-corrected chi connectivity index (χ1v) is 12.1. The van der Waals surface area contributed by atoms with Crippen LogP contribution in [0.4, 0.5) is 5.95 Å². The van der Waals surface area contributed by atoms with Crippen molar-refractivity contribution in [3.8, 4) is 17.4 Å². The van der Waals surface area contributed by atoms with Gasteiger partial charge in [0, 0.05) is 49.7 Å². The molecule has 1 fully saturated rings. The number of ether oxygens (including phenoxy) is 2. The first-order valence-electron chi connectivity index (χ1n) is 11.7. The van der Waals surface area contributed by atoms with Crippen LogP contribution in [0.5, 0.6) is 17.4 Å². The molecule has 0 atom stereocenters. The third-order valence-electron chi connectivity index (χ3n) is 6.45. The Morgan fingerprint density at radius 1 is 0.943 bits per heavy atom. The van der Waals surface area contributed by atoms with Crippen LogP contribution in [0, 0.1) is 0 Å². The molecule has 0 spiro atoms. The van der Waals surface area contributed by atoms with Crippen LogP contribution in [0.1, 0.15) is 21.6 Å². The second kappa shape index (κ2) is 10.1. The van der Waals surface area contributed by atoms with Crippen molar-refractivity contribution < 1.29 is 14.3 Å².